The molecule has 1 nitrogen and oxygen atoms in total. The van der Waals surface area contributed by atoms with Crippen LogP contribution in [0.25, 0.3) is 0 Å². The lowest BCUT2D eigenvalue weighted by atomic mass is 9.67. The third kappa shape index (κ3) is 2.52. The fourth-order valence-corrected chi connectivity index (χ4v) is 2.49. The monoisotopic (exact) mass is 208 g/mol. The highest BCUT2D eigenvalue weighted by Crippen LogP contribution is 2.42. The van der Waals surface area contributed by atoms with Crippen LogP contribution in [0.1, 0.15) is 47.0 Å². The first kappa shape index (κ1) is 12.5. The summed E-state index contributed by atoms with van der Waals surface area (Å²) in [5.41, 5.74) is 2.84. The lowest BCUT2D eigenvalue weighted by Gasteiger charge is -2.38. The number of hydrogen-bond acceptors (Lipinski definition) is 1. The summed E-state index contributed by atoms with van der Waals surface area (Å²) in [5, 5.41) is 9.55. The Kier molecular flexibility index (Phi) is 4.15. The fraction of sp³-hybridized carbons (Fsp3) is 0.714. The highest BCUT2D eigenvalue weighted by Gasteiger charge is 2.34. The lowest BCUT2D eigenvalue weighted by Crippen LogP contribution is -2.31. The van der Waals surface area contributed by atoms with Gasteiger partial charge in [0.1, 0.15) is 0 Å². The van der Waals surface area contributed by atoms with E-state index >= 15 is 0 Å². The van der Waals surface area contributed by atoms with E-state index in [9.17, 15) is 5.11 Å². The molecule has 1 rings (SSSR count). The number of unbranched alkanes of at least 4 members (excludes halogenated alkanes) is 1. The first-order chi connectivity index (χ1) is 7.05. The van der Waals surface area contributed by atoms with Gasteiger partial charge in [-0.1, -0.05) is 50.0 Å². The van der Waals surface area contributed by atoms with E-state index in [0.717, 1.165) is 0 Å². The first-order valence-corrected chi connectivity index (χ1v) is 6.02. The average molecular weight is 208 g/mol. The zero-order valence-corrected chi connectivity index (χ0v) is 10.5. The van der Waals surface area contributed by atoms with E-state index in [1.807, 2.05) is 0 Å². The standard InChI is InChI=1S/C14H24O/c1-5-6-8-14(4)9-7-11(2)12(3)13(14)10-15/h7,9,13,15H,5-6,8,10H2,1-4H3. The van der Waals surface area contributed by atoms with E-state index in [0.29, 0.717) is 5.92 Å². The van der Waals surface area contributed by atoms with Gasteiger partial charge in [-0.25, -0.2) is 0 Å². The molecule has 0 fully saturated rings. The smallest absolute Gasteiger partial charge is 0.0504 e. The summed E-state index contributed by atoms with van der Waals surface area (Å²) >= 11 is 0. The highest BCUT2D eigenvalue weighted by atomic mass is 16.3. The Morgan fingerprint density at radius 1 is 1.40 bits per heavy atom. The van der Waals surface area contributed by atoms with E-state index in [1.165, 1.54) is 30.4 Å². The normalized spacial score (nSPS) is 31.1. The number of hydrogen-bond donors (Lipinski definition) is 1. The molecule has 0 aromatic rings. The molecule has 1 N–H and O–H groups in total. The predicted molar refractivity (Wildman–Crippen MR) is 65.7 cm³/mol. The van der Waals surface area contributed by atoms with Crippen molar-refractivity contribution in [2.45, 2.75) is 47.0 Å². The Labute approximate surface area is 93.9 Å². The molecule has 0 aromatic carbocycles. The van der Waals surface area contributed by atoms with Crippen molar-refractivity contribution >= 4 is 0 Å². The molecular weight excluding hydrogens is 184 g/mol. The van der Waals surface area contributed by atoms with Crippen LogP contribution >= 0.6 is 0 Å². The molecule has 15 heavy (non-hydrogen) atoms. The van der Waals surface area contributed by atoms with E-state index in [1.54, 1.807) is 0 Å². The summed E-state index contributed by atoms with van der Waals surface area (Å²) in [6.07, 6.45) is 8.16. The SMILES string of the molecule is CCCCC1(C)C=CC(C)=C(C)C1CO. The molecule has 0 bridgehead atoms. The van der Waals surface area contributed by atoms with Gasteiger partial charge in [-0.2, -0.15) is 0 Å². The molecule has 1 heteroatoms. The second-order valence-electron chi connectivity index (χ2n) is 5.04. The van der Waals surface area contributed by atoms with Gasteiger partial charge < -0.3 is 5.11 Å². The van der Waals surface area contributed by atoms with Gasteiger partial charge in [0.15, 0.2) is 0 Å². The van der Waals surface area contributed by atoms with Gasteiger partial charge in [0.2, 0.25) is 0 Å². The Morgan fingerprint density at radius 2 is 2.07 bits per heavy atom. The maximum absolute atomic E-state index is 9.55. The van der Waals surface area contributed by atoms with Crippen molar-refractivity contribution < 1.29 is 5.11 Å². The minimum absolute atomic E-state index is 0.161. The largest absolute Gasteiger partial charge is 0.396 e. The molecule has 0 heterocycles. The number of aliphatic hydroxyl groups excluding tert-OH is 1. The third-order valence-electron chi connectivity index (χ3n) is 3.91. The van der Waals surface area contributed by atoms with Crippen LogP contribution in [0, 0.1) is 11.3 Å². The summed E-state index contributed by atoms with van der Waals surface area (Å²) in [7, 11) is 0. The zero-order valence-electron chi connectivity index (χ0n) is 10.5. The summed E-state index contributed by atoms with van der Waals surface area (Å²) in [4.78, 5) is 0. The van der Waals surface area contributed by atoms with Crippen molar-refractivity contribution in [3.8, 4) is 0 Å². The number of aliphatic hydroxyl groups is 1. The van der Waals surface area contributed by atoms with Gasteiger partial charge in [-0.15, -0.1) is 0 Å². The van der Waals surface area contributed by atoms with Crippen molar-refractivity contribution in [1.29, 1.82) is 0 Å². The molecule has 1 aliphatic rings. The van der Waals surface area contributed by atoms with Crippen LogP contribution in [-0.4, -0.2) is 11.7 Å². The van der Waals surface area contributed by atoms with Crippen molar-refractivity contribution in [2.75, 3.05) is 6.61 Å². The van der Waals surface area contributed by atoms with Gasteiger partial charge in [-0.3, -0.25) is 0 Å². The van der Waals surface area contributed by atoms with E-state index in [-0.39, 0.29) is 12.0 Å². The van der Waals surface area contributed by atoms with E-state index in [2.05, 4.69) is 39.8 Å². The minimum Gasteiger partial charge on any atom is -0.396 e. The van der Waals surface area contributed by atoms with Crippen molar-refractivity contribution in [1.82, 2.24) is 0 Å². The molecule has 0 saturated carbocycles. The van der Waals surface area contributed by atoms with Crippen molar-refractivity contribution in [2.24, 2.45) is 11.3 Å². The Balaban J connectivity index is 2.87. The molecule has 2 atom stereocenters. The lowest BCUT2D eigenvalue weighted by molar-refractivity contribution is 0.152. The van der Waals surface area contributed by atoms with Crippen LogP contribution < -0.4 is 0 Å². The maximum atomic E-state index is 9.55. The predicted octanol–water partition coefficient (Wildman–Crippen LogP) is 3.70. The van der Waals surface area contributed by atoms with Gasteiger partial charge >= 0.3 is 0 Å². The van der Waals surface area contributed by atoms with Crippen LogP contribution in [0.4, 0.5) is 0 Å². The maximum Gasteiger partial charge on any atom is 0.0504 e. The van der Waals surface area contributed by atoms with Crippen molar-refractivity contribution in [3.05, 3.63) is 23.3 Å². The average Bonchev–Trinajstić information content (AvgIpc) is 2.22. The van der Waals surface area contributed by atoms with Crippen molar-refractivity contribution in [3.63, 3.8) is 0 Å². The summed E-state index contributed by atoms with van der Waals surface area (Å²) in [5.74, 6) is 0.314. The third-order valence-corrected chi connectivity index (χ3v) is 3.91. The van der Waals surface area contributed by atoms with Crippen LogP contribution in [0.5, 0.6) is 0 Å². The molecule has 0 radical (unpaired) electrons. The van der Waals surface area contributed by atoms with Gasteiger partial charge in [-0.05, 0) is 25.7 Å². The van der Waals surface area contributed by atoms with E-state index < -0.39 is 0 Å². The zero-order chi connectivity index (χ0) is 11.5. The van der Waals surface area contributed by atoms with Crippen LogP contribution in [0.15, 0.2) is 23.3 Å². The molecule has 86 valence electrons. The topological polar surface area (TPSA) is 20.2 Å². The highest BCUT2D eigenvalue weighted by molar-refractivity contribution is 5.32. The van der Waals surface area contributed by atoms with Crippen LogP contribution in [0.3, 0.4) is 0 Å². The summed E-state index contributed by atoms with van der Waals surface area (Å²) < 4.78 is 0. The first-order valence-electron chi connectivity index (χ1n) is 6.02. The quantitative estimate of drug-likeness (QED) is 0.747. The summed E-state index contributed by atoms with van der Waals surface area (Å²) in [6, 6.07) is 0. The van der Waals surface area contributed by atoms with Gasteiger partial charge in [0.05, 0.1) is 6.61 Å². The minimum atomic E-state index is 0.161. The van der Waals surface area contributed by atoms with E-state index in [4.69, 9.17) is 0 Å². The van der Waals surface area contributed by atoms with Crippen LogP contribution in [-0.2, 0) is 0 Å². The molecular formula is C14H24O. The molecule has 0 saturated heterocycles. The van der Waals surface area contributed by atoms with Crippen LogP contribution in [0.2, 0.25) is 0 Å². The molecule has 0 aromatic heterocycles. The fourth-order valence-electron chi connectivity index (χ4n) is 2.49. The molecule has 1 aliphatic carbocycles. The summed E-state index contributed by atoms with van der Waals surface area (Å²) in [6.45, 7) is 9.05. The Morgan fingerprint density at radius 3 is 2.60 bits per heavy atom. The Hall–Kier alpha value is -0.560. The van der Waals surface area contributed by atoms with Gasteiger partial charge in [0, 0.05) is 5.92 Å². The molecule has 0 amide bonds. The van der Waals surface area contributed by atoms with Gasteiger partial charge in [0.25, 0.3) is 0 Å². The number of rotatable bonds is 4. The second kappa shape index (κ2) is 4.98. The molecule has 0 aliphatic heterocycles. The molecule has 0 spiro atoms. The Bertz CT molecular complexity index is 275. The second-order valence-corrected chi connectivity index (χ2v) is 5.04. The molecule has 2 unspecified atom stereocenters. The number of allylic oxidation sites excluding steroid dienone is 3.